The molecule has 2 aromatic rings. The number of ether oxygens (including phenoxy) is 1. The third-order valence-electron chi connectivity index (χ3n) is 2.91. The van der Waals surface area contributed by atoms with Crippen molar-refractivity contribution in [3.63, 3.8) is 0 Å². The van der Waals surface area contributed by atoms with Crippen molar-refractivity contribution in [1.82, 2.24) is 0 Å². The molecule has 23 heavy (non-hydrogen) atoms. The Hall–Kier alpha value is -2.60. The van der Waals surface area contributed by atoms with E-state index in [0.29, 0.717) is 17.1 Å². The van der Waals surface area contributed by atoms with E-state index in [9.17, 15) is 14.0 Å². The summed E-state index contributed by atoms with van der Waals surface area (Å²) in [7, 11) is 1.48. The predicted octanol–water partition coefficient (Wildman–Crippen LogP) is 3.46. The monoisotopic (exact) mass is 336 g/mol. The minimum Gasteiger partial charge on any atom is -0.495 e. The van der Waals surface area contributed by atoms with E-state index >= 15 is 0 Å². The van der Waals surface area contributed by atoms with E-state index < -0.39 is 24.1 Å². The van der Waals surface area contributed by atoms with Gasteiger partial charge in [0.25, 0.3) is 0 Å². The van der Waals surface area contributed by atoms with Crippen molar-refractivity contribution in [1.29, 1.82) is 0 Å². The Kier molecular flexibility index (Phi) is 5.54. The second-order valence-electron chi connectivity index (χ2n) is 4.60. The summed E-state index contributed by atoms with van der Waals surface area (Å²) in [6.07, 6.45) is -0.396. The molecule has 0 radical (unpaired) electrons. The molecule has 120 valence electrons. The first kappa shape index (κ1) is 16.8. The molecule has 0 saturated heterocycles. The van der Waals surface area contributed by atoms with Gasteiger partial charge in [0.2, 0.25) is 11.8 Å². The molecule has 0 heterocycles. The summed E-state index contributed by atoms with van der Waals surface area (Å²) in [5, 5.41) is 4.95. The lowest BCUT2D eigenvalue weighted by Gasteiger charge is -2.10. The van der Waals surface area contributed by atoms with Crippen LogP contribution in [0.1, 0.15) is 6.42 Å². The summed E-state index contributed by atoms with van der Waals surface area (Å²) in [4.78, 5) is 23.7. The first-order valence-electron chi connectivity index (χ1n) is 6.67. The average Bonchev–Trinajstić information content (AvgIpc) is 2.51. The molecule has 0 saturated carbocycles. The topological polar surface area (TPSA) is 67.4 Å². The number of para-hydroxylation sites is 2. The molecule has 5 nitrogen and oxygen atoms in total. The molecule has 0 aliphatic rings. The van der Waals surface area contributed by atoms with E-state index in [-0.39, 0.29) is 5.02 Å². The van der Waals surface area contributed by atoms with Crippen molar-refractivity contribution in [3.8, 4) is 5.75 Å². The number of anilines is 2. The number of methoxy groups -OCH3 is 1. The van der Waals surface area contributed by atoms with Crippen LogP contribution in [-0.2, 0) is 9.59 Å². The molecule has 2 N–H and O–H groups in total. The van der Waals surface area contributed by atoms with Crippen molar-refractivity contribution in [3.05, 3.63) is 53.3 Å². The van der Waals surface area contributed by atoms with E-state index in [2.05, 4.69) is 10.6 Å². The van der Waals surface area contributed by atoms with Gasteiger partial charge in [-0.15, -0.1) is 0 Å². The number of halogens is 2. The highest BCUT2D eigenvalue weighted by Gasteiger charge is 2.12. The summed E-state index contributed by atoms with van der Waals surface area (Å²) < 4.78 is 18.1. The zero-order valence-electron chi connectivity index (χ0n) is 12.2. The Morgan fingerprint density at radius 3 is 2.52 bits per heavy atom. The van der Waals surface area contributed by atoms with E-state index in [4.69, 9.17) is 16.3 Å². The van der Waals surface area contributed by atoms with Gasteiger partial charge in [0.1, 0.15) is 18.0 Å². The van der Waals surface area contributed by atoms with Gasteiger partial charge in [-0.1, -0.05) is 23.7 Å². The SMILES string of the molecule is COc1ccccc1NC(=O)CC(=O)Nc1ccc(F)c(Cl)c1. The molecule has 0 atom stereocenters. The molecule has 0 aliphatic heterocycles. The number of amides is 2. The maximum Gasteiger partial charge on any atom is 0.233 e. The number of hydrogen-bond acceptors (Lipinski definition) is 3. The van der Waals surface area contributed by atoms with Crippen molar-refractivity contribution < 1.29 is 18.7 Å². The van der Waals surface area contributed by atoms with Crippen LogP contribution in [0.25, 0.3) is 0 Å². The maximum atomic E-state index is 13.0. The summed E-state index contributed by atoms with van der Waals surface area (Å²) in [5.41, 5.74) is 0.782. The van der Waals surface area contributed by atoms with Crippen molar-refractivity contribution >= 4 is 34.8 Å². The Morgan fingerprint density at radius 1 is 1.13 bits per heavy atom. The minimum atomic E-state index is -0.585. The fourth-order valence-electron chi connectivity index (χ4n) is 1.87. The number of carbonyl (C=O) groups excluding carboxylic acids is 2. The first-order chi connectivity index (χ1) is 11.0. The fraction of sp³-hybridized carbons (Fsp3) is 0.125. The maximum absolute atomic E-state index is 13.0. The number of benzene rings is 2. The van der Waals surface area contributed by atoms with Gasteiger partial charge >= 0.3 is 0 Å². The van der Waals surface area contributed by atoms with E-state index in [0.717, 1.165) is 6.07 Å². The smallest absolute Gasteiger partial charge is 0.233 e. The van der Waals surface area contributed by atoms with Gasteiger partial charge in [-0.05, 0) is 30.3 Å². The van der Waals surface area contributed by atoms with Gasteiger partial charge in [-0.3, -0.25) is 9.59 Å². The summed E-state index contributed by atoms with van der Waals surface area (Å²) >= 11 is 5.62. The molecule has 7 heteroatoms. The van der Waals surface area contributed by atoms with Crippen molar-refractivity contribution in [2.24, 2.45) is 0 Å². The Labute approximate surface area is 137 Å². The van der Waals surface area contributed by atoms with Crippen molar-refractivity contribution in [2.45, 2.75) is 6.42 Å². The minimum absolute atomic E-state index is 0.110. The van der Waals surface area contributed by atoms with Crippen LogP contribution in [0.15, 0.2) is 42.5 Å². The lowest BCUT2D eigenvalue weighted by molar-refractivity contribution is -0.123. The number of nitrogens with one attached hydrogen (secondary N) is 2. The lowest BCUT2D eigenvalue weighted by atomic mass is 10.2. The summed E-state index contributed by atoms with van der Waals surface area (Å²) in [6, 6.07) is 10.6. The Balaban J connectivity index is 1.94. The molecular weight excluding hydrogens is 323 g/mol. The lowest BCUT2D eigenvalue weighted by Crippen LogP contribution is -2.21. The van der Waals surface area contributed by atoms with Crippen LogP contribution < -0.4 is 15.4 Å². The van der Waals surface area contributed by atoms with Gasteiger partial charge in [0, 0.05) is 5.69 Å². The molecule has 0 bridgehead atoms. The van der Waals surface area contributed by atoms with Crippen LogP contribution >= 0.6 is 11.6 Å². The van der Waals surface area contributed by atoms with Crippen LogP contribution in [0.2, 0.25) is 5.02 Å². The normalized spacial score (nSPS) is 10.0. The number of rotatable bonds is 5. The second-order valence-corrected chi connectivity index (χ2v) is 5.01. The van der Waals surface area contributed by atoms with Gasteiger partial charge < -0.3 is 15.4 Å². The van der Waals surface area contributed by atoms with Crippen LogP contribution in [0, 0.1) is 5.82 Å². The quantitative estimate of drug-likeness (QED) is 0.822. The molecule has 2 amide bonds. The van der Waals surface area contributed by atoms with E-state index in [1.807, 2.05) is 0 Å². The fourth-order valence-corrected chi connectivity index (χ4v) is 2.05. The first-order valence-corrected chi connectivity index (χ1v) is 7.05. The van der Waals surface area contributed by atoms with Gasteiger partial charge in [0.15, 0.2) is 0 Å². The zero-order chi connectivity index (χ0) is 16.8. The summed E-state index contributed by atoms with van der Waals surface area (Å²) in [6.45, 7) is 0. The average molecular weight is 337 g/mol. The molecule has 2 rings (SSSR count). The number of hydrogen-bond donors (Lipinski definition) is 2. The highest BCUT2D eigenvalue weighted by atomic mass is 35.5. The van der Waals surface area contributed by atoms with Gasteiger partial charge in [0.05, 0.1) is 17.8 Å². The largest absolute Gasteiger partial charge is 0.495 e. The van der Waals surface area contributed by atoms with Crippen LogP contribution in [0.5, 0.6) is 5.75 Å². The highest BCUT2D eigenvalue weighted by molar-refractivity contribution is 6.31. The van der Waals surface area contributed by atoms with Gasteiger partial charge in [-0.2, -0.15) is 0 Å². The van der Waals surface area contributed by atoms with E-state index in [1.54, 1.807) is 24.3 Å². The summed E-state index contributed by atoms with van der Waals surface area (Å²) in [5.74, 6) is -1.13. The third kappa shape index (κ3) is 4.69. The highest BCUT2D eigenvalue weighted by Crippen LogP contribution is 2.23. The predicted molar refractivity (Wildman–Crippen MR) is 86.3 cm³/mol. The molecule has 2 aromatic carbocycles. The Morgan fingerprint density at radius 2 is 1.83 bits per heavy atom. The molecular formula is C16H14ClFN2O3. The van der Waals surface area contributed by atoms with E-state index in [1.165, 1.54) is 19.2 Å². The standard InChI is InChI=1S/C16H14ClFN2O3/c1-23-14-5-3-2-4-13(14)20-16(22)9-15(21)19-10-6-7-12(18)11(17)8-10/h2-8H,9H2,1H3,(H,19,21)(H,20,22). The second kappa shape index (κ2) is 7.60. The van der Waals surface area contributed by atoms with Crippen molar-refractivity contribution in [2.75, 3.05) is 17.7 Å². The Bertz CT molecular complexity index is 737. The van der Waals surface area contributed by atoms with Gasteiger partial charge in [-0.25, -0.2) is 4.39 Å². The molecule has 0 unspecified atom stereocenters. The number of carbonyl (C=O) groups is 2. The van der Waals surface area contributed by atoms with Crippen LogP contribution in [-0.4, -0.2) is 18.9 Å². The molecule has 0 aromatic heterocycles. The molecule has 0 aliphatic carbocycles. The van der Waals surface area contributed by atoms with Crippen LogP contribution in [0.3, 0.4) is 0 Å². The third-order valence-corrected chi connectivity index (χ3v) is 3.20. The molecule has 0 fully saturated rings. The zero-order valence-corrected chi connectivity index (χ0v) is 13.0. The molecule has 0 spiro atoms. The van der Waals surface area contributed by atoms with Crippen LogP contribution in [0.4, 0.5) is 15.8 Å².